The minimum Gasteiger partial charge on any atom is -0.475 e. The van der Waals surface area contributed by atoms with Crippen molar-refractivity contribution < 1.29 is 41.4 Å². The third-order valence-electron chi connectivity index (χ3n) is 7.43. The molecule has 4 aromatic rings. The molecular weight excluding hydrogens is 636 g/mol. The molecule has 0 saturated heterocycles. The molecular formula is C36H42N2O9S. The van der Waals surface area contributed by atoms with E-state index in [1.807, 2.05) is 30.3 Å². The molecule has 4 rings (SSSR count). The zero-order valence-corrected chi connectivity index (χ0v) is 29.4. The highest BCUT2D eigenvalue weighted by molar-refractivity contribution is 7.89. The van der Waals surface area contributed by atoms with E-state index in [9.17, 15) is 22.8 Å². The third kappa shape index (κ3) is 7.71. The molecule has 256 valence electrons. The molecule has 1 aromatic heterocycles. The number of carbonyl (C=O) groups excluding carboxylic acids is 3. The number of rotatable bonds is 11. The van der Waals surface area contributed by atoms with Crippen LogP contribution < -0.4 is 10.2 Å². The highest BCUT2D eigenvalue weighted by atomic mass is 32.2. The summed E-state index contributed by atoms with van der Waals surface area (Å²) in [5.74, 6) is -2.98. The van der Waals surface area contributed by atoms with Crippen LogP contribution in [0.3, 0.4) is 0 Å². The van der Waals surface area contributed by atoms with E-state index in [1.54, 1.807) is 85.7 Å². The molecule has 0 fully saturated rings. The van der Waals surface area contributed by atoms with E-state index in [0.717, 1.165) is 11.1 Å². The highest BCUT2D eigenvalue weighted by Crippen LogP contribution is 2.36. The summed E-state index contributed by atoms with van der Waals surface area (Å²) >= 11 is 0. The number of amides is 1. The smallest absolute Gasteiger partial charge is 0.349 e. The van der Waals surface area contributed by atoms with Crippen molar-refractivity contribution in [2.24, 2.45) is 5.92 Å². The molecule has 1 amide bonds. The second-order valence-electron chi connectivity index (χ2n) is 13.1. The van der Waals surface area contributed by atoms with Crippen molar-refractivity contribution >= 4 is 38.8 Å². The average Bonchev–Trinajstić information content (AvgIpc) is 3.36. The lowest BCUT2D eigenvalue weighted by Crippen LogP contribution is -2.57. The first-order valence-electron chi connectivity index (χ1n) is 15.4. The number of fused-ring (bicyclic) bond motifs is 1. The summed E-state index contributed by atoms with van der Waals surface area (Å²) in [4.78, 5) is 39.7. The van der Waals surface area contributed by atoms with Crippen LogP contribution in [0.5, 0.6) is 5.75 Å². The number of hydrazine groups is 1. The van der Waals surface area contributed by atoms with E-state index >= 15 is 0 Å². The average molecular weight is 679 g/mol. The SMILES string of the molecule is COC(=O)C(C)(C)Oc1cccc2oc(C(=O)NN(C(C(=O)OC(C)(C)C)C(C)C)S(=O)(=O)c3ccc(-c4ccccc4)cc3)c(C)c12. The van der Waals surface area contributed by atoms with Crippen LogP contribution in [0.2, 0.25) is 0 Å². The lowest BCUT2D eigenvalue weighted by atomic mass is 10.0. The first kappa shape index (κ1) is 36.2. The Bertz CT molecular complexity index is 1910. The maximum Gasteiger partial charge on any atom is 0.349 e. The van der Waals surface area contributed by atoms with E-state index in [0.29, 0.717) is 15.4 Å². The maximum absolute atomic E-state index is 14.3. The number of nitrogens with one attached hydrogen (secondary N) is 1. The predicted octanol–water partition coefficient (Wildman–Crippen LogP) is 6.44. The number of sulfonamides is 1. The Morgan fingerprint density at radius 3 is 2.02 bits per heavy atom. The van der Waals surface area contributed by atoms with Crippen LogP contribution in [-0.4, -0.2) is 55.0 Å². The number of methoxy groups -OCH3 is 1. The van der Waals surface area contributed by atoms with Crippen molar-refractivity contribution in [2.75, 3.05) is 7.11 Å². The van der Waals surface area contributed by atoms with Gasteiger partial charge in [-0.2, -0.15) is 0 Å². The minimum atomic E-state index is -4.55. The molecule has 0 aliphatic carbocycles. The van der Waals surface area contributed by atoms with Crippen LogP contribution in [0.15, 0.2) is 82.1 Å². The van der Waals surface area contributed by atoms with E-state index in [-0.39, 0.29) is 22.0 Å². The Kier molecular flexibility index (Phi) is 10.4. The lowest BCUT2D eigenvalue weighted by molar-refractivity contribution is -0.162. The van der Waals surface area contributed by atoms with Gasteiger partial charge in [0.1, 0.15) is 23.0 Å². The molecule has 0 aliphatic heterocycles. The molecule has 0 saturated carbocycles. The number of aryl methyl sites for hydroxylation is 1. The van der Waals surface area contributed by atoms with Crippen molar-refractivity contribution in [2.45, 2.75) is 77.5 Å². The molecule has 1 N–H and O–H groups in total. The number of carbonyl (C=O) groups is 3. The molecule has 1 atom stereocenters. The van der Waals surface area contributed by atoms with Crippen molar-refractivity contribution in [3.8, 4) is 16.9 Å². The second kappa shape index (κ2) is 13.8. The number of esters is 2. The van der Waals surface area contributed by atoms with Gasteiger partial charge in [0.15, 0.2) is 11.4 Å². The van der Waals surface area contributed by atoms with Gasteiger partial charge in [-0.1, -0.05) is 66.8 Å². The molecule has 3 aromatic carbocycles. The molecule has 0 radical (unpaired) electrons. The first-order chi connectivity index (χ1) is 22.4. The van der Waals surface area contributed by atoms with Crippen molar-refractivity contribution in [1.29, 1.82) is 0 Å². The summed E-state index contributed by atoms with van der Waals surface area (Å²) in [6.07, 6.45) is 0. The Hall–Kier alpha value is -4.68. The standard InChI is InChI=1S/C36H42N2O9S/c1-22(2)30(33(40)47-35(4,5)6)38(48(42,43)26-20-18-25(19-21-26)24-14-11-10-12-15-24)37-32(39)31-23(3)29-27(45-31)16-13-17-28(29)46-36(7,8)34(41)44-9/h10-22,30H,1-9H3,(H,37,39). The van der Waals surface area contributed by atoms with Crippen molar-refractivity contribution in [3.63, 3.8) is 0 Å². The molecule has 1 heterocycles. The zero-order valence-electron chi connectivity index (χ0n) is 28.6. The van der Waals surface area contributed by atoms with Gasteiger partial charge in [0.2, 0.25) is 0 Å². The zero-order chi connectivity index (χ0) is 35.6. The number of ether oxygens (including phenoxy) is 3. The third-order valence-corrected chi connectivity index (χ3v) is 9.13. The fourth-order valence-corrected chi connectivity index (χ4v) is 6.66. The van der Waals surface area contributed by atoms with Crippen molar-refractivity contribution in [1.82, 2.24) is 9.84 Å². The lowest BCUT2D eigenvalue weighted by Gasteiger charge is -2.33. The first-order valence-corrected chi connectivity index (χ1v) is 16.8. The summed E-state index contributed by atoms with van der Waals surface area (Å²) in [5.41, 5.74) is 2.40. The fourth-order valence-electron chi connectivity index (χ4n) is 5.12. The summed E-state index contributed by atoms with van der Waals surface area (Å²) in [6.45, 7) is 13.0. The van der Waals surface area contributed by atoms with Crippen LogP contribution in [-0.2, 0) is 29.1 Å². The van der Waals surface area contributed by atoms with E-state index in [1.165, 1.54) is 19.2 Å². The molecule has 11 nitrogen and oxygen atoms in total. The minimum absolute atomic E-state index is 0.154. The van der Waals surface area contributed by atoms with Crippen LogP contribution in [0, 0.1) is 12.8 Å². The van der Waals surface area contributed by atoms with E-state index in [4.69, 9.17) is 18.6 Å². The summed E-state index contributed by atoms with van der Waals surface area (Å²) in [6, 6.07) is 19.0. The number of benzene rings is 3. The van der Waals surface area contributed by atoms with Gasteiger partial charge in [0, 0.05) is 5.56 Å². The van der Waals surface area contributed by atoms with Crippen LogP contribution in [0.4, 0.5) is 0 Å². The molecule has 12 heteroatoms. The Labute approximate surface area is 281 Å². The maximum atomic E-state index is 14.3. The summed E-state index contributed by atoms with van der Waals surface area (Å²) in [7, 11) is -3.30. The topological polar surface area (TPSA) is 141 Å². The number of hydrogen-bond donors (Lipinski definition) is 1. The Balaban J connectivity index is 1.79. The largest absolute Gasteiger partial charge is 0.475 e. The Morgan fingerprint density at radius 2 is 1.46 bits per heavy atom. The fraction of sp³-hybridized carbons (Fsp3) is 0.361. The number of hydrogen-bond acceptors (Lipinski definition) is 9. The Morgan fingerprint density at radius 1 is 0.854 bits per heavy atom. The van der Waals surface area contributed by atoms with Gasteiger partial charge in [0.05, 0.1) is 17.4 Å². The van der Waals surface area contributed by atoms with E-state index in [2.05, 4.69) is 5.43 Å². The van der Waals surface area contributed by atoms with Crippen LogP contribution in [0.25, 0.3) is 22.1 Å². The van der Waals surface area contributed by atoms with E-state index < -0.39 is 51.0 Å². The predicted molar refractivity (Wildman–Crippen MR) is 181 cm³/mol. The van der Waals surface area contributed by atoms with Gasteiger partial charge in [-0.15, -0.1) is 0 Å². The molecule has 0 spiro atoms. The normalized spacial score (nSPS) is 13.0. The van der Waals surface area contributed by atoms with Crippen LogP contribution in [0.1, 0.15) is 64.6 Å². The summed E-state index contributed by atoms with van der Waals surface area (Å²) < 4.78 is 51.7. The molecule has 48 heavy (non-hydrogen) atoms. The molecule has 0 aliphatic rings. The highest BCUT2D eigenvalue weighted by Gasteiger charge is 2.42. The van der Waals surface area contributed by atoms with Gasteiger partial charge in [-0.3, -0.25) is 15.0 Å². The number of nitrogens with zero attached hydrogens (tertiary/aromatic N) is 1. The van der Waals surface area contributed by atoms with Gasteiger partial charge in [-0.25, -0.2) is 13.2 Å². The summed E-state index contributed by atoms with van der Waals surface area (Å²) in [5, 5.41) is 0.401. The van der Waals surface area contributed by atoms with Crippen molar-refractivity contribution in [3.05, 3.63) is 84.1 Å². The quantitative estimate of drug-likeness (QED) is 0.140. The van der Waals surface area contributed by atoms with Gasteiger partial charge >= 0.3 is 17.8 Å². The molecule has 0 bridgehead atoms. The van der Waals surface area contributed by atoms with Gasteiger partial charge in [-0.05, 0) is 82.9 Å². The van der Waals surface area contributed by atoms with Gasteiger partial charge in [0.25, 0.3) is 10.0 Å². The number of furan rings is 1. The van der Waals surface area contributed by atoms with Crippen LogP contribution >= 0.6 is 0 Å². The monoisotopic (exact) mass is 678 g/mol. The molecule has 1 unspecified atom stereocenters. The second-order valence-corrected chi connectivity index (χ2v) is 15.0. The van der Waals surface area contributed by atoms with Gasteiger partial charge < -0.3 is 18.6 Å².